The SMILES string of the molecule is CNc1cc(-c2cccc3cccnc23)nc(C2CC2)n1. The molecular formula is C17H16N4. The molecular weight excluding hydrogens is 260 g/mol. The molecule has 0 aliphatic heterocycles. The summed E-state index contributed by atoms with van der Waals surface area (Å²) in [5.41, 5.74) is 3.00. The lowest BCUT2D eigenvalue weighted by Crippen LogP contribution is -2.01. The number of hydrogen-bond acceptors (Lipinski definition) is 4. The Kier molecular flexibility index (Phi) is 2.81. The molecule has 4 nitrogen and oxygen atoms in total. The number of anilines is 1. The Bertz CT molecular complexity index is 803. The summed E-state index contributed by atoms with van der Waals surface area (Å²) in [5.74, 6) is 2.35. The minimum Gasteiger partial charge on any atom is -0.373 e. The quantitative estimate of drug-likeness (QED) is 0.794. The number of nitrogens with one attached hydrogen (secondary N) is 1. The third-order valence-corrected chi connectivity index (χ3v) is 3.85. The maximum atomic E-state index is 4.77. The molecule has 1 aliphatic rings. The lowest BCUT2D eigenvalue weighted by Gasteiger charge is -2.09. The van der Waals surface area contributed by atoms with Crippen LogP contribution in [0.2, 0.25) is 0 Å². The molecule has 0 atom stereocenters. The summed E-state index contributed by atoms with van der Waals surface area (Å²) in [6.07, 6.45) is 4.22. The molecule has 0 saturated heterocycles. The molecule has 104 valence electrons. The van der Waals surface area contributed by atoms with Crippen LogP contribution in [0.1, 0.15) is 24.6 Å². The number of hydrogen-bond donors (Lipinski definition) is 1. The van der Waals surface area contributed by atoms with Gasteiger partial charge in [-0.05, 0) is 18.9 Å². The van der Waals surface area contributed by atoms with Gasteiger partial charge >= 0.3 is 0 Å². The second-order valence-electron chi connectivity index (χ2n) is 5.40. The largest absolute Gasteiger partial charge is 0.373 e. The highest BCUT2D eigenvalue weighted by atomic mass is 15.0. The Balaban J connectivity index is 1.93. The van der Waals surface area contributed by atoms with Gasteiger partial charge in [-0.1, -0.05) is 24.3 Å². The fourth-order valence-corrected chi connectivity index (χ4v) is 2.57. The predicted molar refractivity (Wildman–Crippen MR) is 84.3 cm³/mol. The van der Waals surface area contributed by atoms with E-state index in [-0.39, 0.29) is 0 Å². The Labute approximate surface area is 123 Å². The van der Waals surface area contributed by atoms with Crippen LogP contribution >= 0.6 is 0 Å². The van der Waals surface area contributed by atoms with Crippen LogP contribution in [0.5, 0.6) is 0 Å². The Morgan fingerprint density at radius 2 is 1.95 bits per heavy atom. The van der Waals surface area contributed by atoms with Gasteiger partial charge in [-0.15, -0.1) is 0 Å². The van der Waals surface area contributed by atoms with Gasteiger partial charge in [0.15, 0.2) is 0 Å². The van der Waals surface area contributed by atoms with Gasteiger partial charge in [-0.3, -0.25) is 4.98 Å². The van der Waals surface area contributed by atoms with Gasteiger partial charge in [-0.25, -0.2) is 9.97 Å². The predicted octanol–water partition coefficient (Wildman–Crippen LogP) is 3.61. The first-order valence-electron chi connectivity index (χ1n) is 7.26. The first kappa shape index (κ1) is 12.3. The van der Waals surface area contributed by atoms with Crippen LogP contribution < -0.4 is 5.32 Å². The number of benzene rings is 1. The minimum absolute atomic E-state index is 0.528. The molecule has 0 radical (unpaired) electrons. The smallest absolute Gasteiger partial charge is 0.134 e. The van der Waals surface area contributed by atoms with Crippen LogP contribution in [0.25, 0.3) is 22.2 Å². The highest BCUT2D eigenvalue weighted by Gasteiger charge is 2.27. The maximum Gasteiger partial charge on any atom is 0.134 e. The number of pyridine rings is 1. The summed E-state index contributed by atoms with van der Waals surface area (Å²) >= 11 is 0. The molecule has 2 heterocycles. The number of rotatable bonds is 3. The summed E-state index contributed by atoms with van der Waals surface area (Å²) in [5, 5.41) is 4.27. The van der Waals surface area contributed by atoms with Crippen molar-refractivity contribution in [1.82, 2.24) is 15.0 Å². The molecule has 1 saturated carbocycles. The Hall–Kier alpha value is -2.49. The summed E-state index contributed by atoms with van der Waals surface area (Å²) in [4.78, 5) is 13.9. The van der Waals surface area contributed by atoms with Gasteiger partial charge in [0.05, 0.1) is 11.2 Å². The highest BCUT2D eigenvalue weighted by Crippen LogP contribution is 2.39. The third kappa shape index (κ3) is 2.23. The zero-order chi connectivity index (χ0) is 14.2. The van der Waals surface area contributed by atoms with E-state index in [1.54, 1.807) is 0 Å². The van der Waals surface area contributed by atoms with Crippen molar-refractivity contribution in [2.75, 3.05) is 12.4 Å². The van der Waals surface area contributed by atoms with Crippen molar-refractivity contribution in [3.63, 3.8) is 0 Å². The lowest BCUT2D eigenvalue weighted by atomic mass is 10.1. The first-order valence-corrected chi connectivity index (χ1v) is 7.26. The summed E-state index contributed by atoms with van der Waals surface area (Å²) in [6.45, 7) is 0. The second-order valence-corrected chi connectivity index (χ2v) is 5.40. The van der Waals surface area contributed by atoms with Gasteiger partial charge in [0.2, 0.25) is 0 Å². The summed E-state index contributed by atoms with van der Waals surface area (Å²) < 4.78 is 0. The van der Waals surface area contributed by atoms with Crippen molar-refractivity contribution < 1.29 is 0 Å². The van der Waals surface area contributed by atoms with Gasteiger partial charge in [0, 0.05) is 36.2 Å². The van der Waals surface area contributed by atoms with Gasteiger partial charge < -0.3 is 5.32 Å². The van der Waals surface area contributed by atoms with Crippen LogP contribution in [0.3, 0.4) is 0 Å². The fourth-order valence-electron chi connectivity index (χ4n) is 2.57. The zero-order valence-electron chi connectivity index (χ0n) is 11.9. The average molecular weight is 276 g/mol. The van der Waals surface area contributed by atoms with Crippen molar-refractivity contribution in [2.45, 2.75) is 18.8 Å². The van der Waals surface area contributed by atoms with Crippen LogP contribution in [0, 0.1) is 0 Å². The van der Waals surface area contributed by atoms with E-state index in [9.17, 15) is 0 Å². The summed E-state index contributed by atoms with van der Waals surface area (Å²) in [7, 11) is 1.89. The van der Waals surface area contributed by atoms with E-state index < -0.39 is 0 Å². The third-order valence-electron chi connectivity index (χ3n) is 3.85. The molecule has 4 heteroatoms. The molecule has 21 heavy (non-hydrogen) atoms. The van der Waals surface area contributed by atoms with Crippen molar-refractivity contribution in [1.29, 1.82) is 0 Å². The number of aromatic nitrogens is 3. The van der Waals surface area contributed by atoms with E-state index in [0.717, 1.165) is 33.8 Å². The van der Waals surface area contributed by atoms with Gasteiger partial charge in [0.1, 0.15) is 11.6 Å². The number of nitrogens with zero attached hydrogens (tertiary/aromatic N) is 3. The van der Waals surface area contributed by atoms with E-state index in [1.807, 2.05) is 25.4 Å². The van der Waals surface area contributed by atoms with Crippen molar-refractivity contribution in [3.05, 3.63) is 48.4 Å². The van der Waals surface area contributed by atoms with E-state index in [4.69, 9.17) is 4.98 Å². The average Bonchev–Trinajstić information content (AvgIpc) is 3.39. The molecule has 1 fully saturated rings. The maximum absolute atomic E-state index is 4.77. The van der Waals surface area contributed by atoms with E-state index in [0.29, 0.717) is 5.92 Å². The van der Waals surface area contributed by atoms with Crippen LogP contribution in [0.4, 0.5) is 5.82 Å². The molecule has 1 aliphatic carbocycles. The normalized spacial score (nSPS) is 14.3. The van der Waals surface area contributed by atoms with Crippen molar-refractivity contribution in [2.24, 2.45) is 0 Å². The first-order chi connectivity index (χ1) is 10.3. The van der Waals surface area contributed by atoms with Gasteiger partial charge in [-0.2, -0.15) is 0 Å². The highest BCUT2D eigenvalue weighted by molar-refractivity contribution is 5.92. The second kappa shape index (κ2) is 4.81. The van der Waals surface area contributed by atoms with Crippen LogP contribution in [-0.2, 0) is 0 Å². The lowest BCUT2D eigenvalue weighted by molar-refractivity contribution is 0.932. The monoisotopic (exact) mass is 276 g/mol. The minimum atomic E-state index is 0.528. The number of para-hydroxylation sites is 1. The molecule has 2 aromatic heterocycles. The molecule has 1 aromatic carbocycles. The van der Waals surface area contributed by atoms with Crippen LogP contribution in [-0.4, -0.2) is 22.0 Å². The molecule has 4 rings (SSSR count). The standard InChI is InChI=1S/C17H16N4/c1-18-15-10-14(20-17(21-15)12-7-8-12)13-6-2-4-11-5-3-9-19-16(11)13/h2-6,9-10,12H,7-8H2,1H3,(H,18,20,21). The molecule has 0 spiro atoms. The molecule has 0 unspecified atom stereocenters. The van der Waals surface area contributed by atoms with E-state index in [1.165, 1.54) is 12.8 Å². The molecule has 1 N–H and O–H groups in total. The Morgan fingerprint density at radius 3 is 2.76 bits per heavy atom. The van der Waals surface area contributed by atoms with E-state index >= 15 is 0 Å². The zero-order valence-corrected chi connectivity index (χ0v) is 11.9. The molecule has 0 bridgehead atoms. The molecule has 0 amide bonds. The summed E-state index contributed by atoms with van der Waals surface area (Å²) in [6, 6.07) is 12.2. The van der Waals surface area contributed by atoms with Crippen molar-refractivity contribution in [3.8, 4) is 11.3 Å². The fraction of sp³-hybridized carbons (Fsp3) is 0.235. The van der Waals surface area contributed by atoms with Gasteiger partial charge in [0.25, 0.3) is 0 Å². The van der Waals surface area contributed by atoms with Crippen LogP contribution in [0.15, 0.2) is 42.6 Å². The number of fused-ring (bicyclic) bond motifs is 1. The van der Waals surface area contributed by atoms with E-state index in [2.05, 4.69) is 39.6 Å². The Morgan fingerprint density at radius 1 is 1.10 bits per heavy atom. The topological polar surface area (TPSA) is 50.7 Å². The molecule has 3 aromatic rings. The van der Waals surface area contributed by atoms with Crippen molar-refractivity contribution >= 4 is 16.7 Å².